The maximum Gasteiger partial charge on any atom is 0.243 e. The summed E-state index contributed by atoms with van der Waals surface area (Å²) in [5.74, 6) is -0.00243. The van der Waals surface area contributed by atoms with E-state index in [1.54, 1.807) is 6.92 Å². The third kappa shape index (κ3) is 1.69. The lowest BCUT2D eigenvalue weighted by Gasteiger charge is -2.72. The topological polar surface area (TPSA) is 76.1 Å². The molecule has 1 amide bonds. The van der Waals surface area contributed by atoms with Crippen LogP contribution in [0.5, 0.6) is 0 Å². The molecular weight excluding hydrogens is 366 g/mol. The molecule has 3 aliphatic heterocycles. The van der Waals surface area contributed by atoms with Crippen LogP contribution in [0.3, 0.4) is 0 Å². The van der Waals surface area contributed by atoms with Gasteiger partial charge in [-0.25, -0.2) is 0 Å². The van der Waals surface area contributed by atoms with Gasteiger partial charge in [-0.15, -0.1) is 0 Å². The minimum absolute atomic E-state index is 0.0893. The predicted molar refractivity (Wildman–Crippen MR) is 83.0 cm³/mol. The van der Waals surface area contributed by atoms with Gasteiger partial charge in [-0.05, 0) is 25.7 Å². The smallest absolute Gasteiger partial charge is 0.243 e. The summed E-state index contributed by atoms with van der Waals surface area (Å²) in [5.41, 5.74) is -1.28. The van der Waals surface area contributed by atoms with Gasteiger partial charge in [0.2, 0.25) is 12.8 Å². The van der Waals surface area contributed by atoms with E-state index in [9.17, 15) is 14.7 Å². The van der Waals surface area contributed by atoms with Crippen molar-refractivity contribution in [1.82, 2.24) is 4.90 Å². The number of ketones is 1. The van der Waals surface area contributed by atoms with Crippen LogP contribution < -0.4 is 0 Å². The molecule has 6 nitrogen and oxygen atoms in total. The zero-order chi connectivity index (χ0) is 16.6. The number of carbonyl (C=O) groups excluding carboxylic acids is 2. The lowest BCUT2D eigenvalue weighted by Crippen LogP contribution is -2.84. The fourth-order valence-electron chi connectivity index (χ4n) is 5.67. The third-order valence-corrected chi connectivity index (χ3v) is 7.30. The summed E-state index contributed by atoms with van der Waals surface area (Å²) in [5, 5.41) is 12.7. The van der Waals surface area contributed by atoms with Gasteiger partial charge in [-0.1, -0.05) is 22.9 Å². The Kier molecular flexibility index (Phi) is 3.48. The van der Waals surface area contributed by atoms with Gasteiger partial charge in [0.05, 0.1) is 17.1 Å². The van der Waals surface area contributed by atoms with Crippen molar-refractivity contribution in [3.8, 4) is 0 Å². The summed E-state index contributed by atoms with van der Waals surface area (Å²) in [6.45, 7) is 3.68. The molecule has 1 radical (unpaired) electrons. The molecule has 0 aromatic heterocycles. The molecule has 23 heavy (non-hydrogen) atoms. The Morgan fingerprint density at radius 1 is 1.48 bits per heavy atom. The number of amides is 1. The lowest BCUT2D eigenvalue weighted by molar-refractivity contribution is -0.455. The van der Waals surface area contributed by atoms with E-state index < -0.39 is 29.6 Å². The number of ether oxygens (including phenoxy) is 2. The molecule has 0 aromatic carbocycles. The average Bonchev–Trinajstić information content (AvgIpc) is 2.52. The Morgan fingerprint density at radius 3 is 2.83 bits per heavy atom. The highest BCUT2D eigenvalue weighted by Gasteiger charge is 2.76. The van der Waals surface area contributed by atoms with Crippen LogP contribution in [0.2, 0.25) is 0 Å². The second kappa shape index (κ2) is 5.00. The van der Waals surface area contributed by atoms with E-state index in [-0.39, 0.29) is 23.7 Å². The van der Waals surface area contributed by atoms with Crippen molar-refractivity contribution in [3.63, 3.8) is 0 Å². The summed E-state index contributed by atoms with van der Waals surface area (Å²) in [6.07, 6.45) is 0.757. The van der Waals surface area contributed by atoms with Crippen LogP contribution in [0, 0.1) is 22.6 Å². The quantitative estimate of drug-likeness (QED) is 0.737. The van der Waals surface area contributed by atoms with E-state index in [2.05, 4.69) is 22.9 Å². The fraction of sp³-hybridized carbons (Fsp3) is 0.812. The molecule has 127 valence electrons. The summed E-state index contributed by atoms with van der Waals surface area (Å²) in [4.78, 5) is 25.3. The molecule has 1 N–H and O–H groups in total. The van der Waals surface area contributed by atoms with Gasteiger partial charge in [0.25, 0.3) is 0 Å². The number of halogens is 1. The van der Waals surface area contributed by atoms with Crippen LogP contribution in [-0.2, 0) is 19.1 Å². The Morgan fingerprint density at radius 2 is 2.22 bits per heavy atom. The number of carbonyl (C=O) groups is 2. The number of hydrogen-bond acceptors (Lipinski definition) is 5. The van der Waals surface area contributed by atoms with E-state index in [0.29, 0.717) is 12.8 Å². The second-order valence-electron chi connectivity index (χ2n) is 7.44. The average molecular weight is 387 g/mol. The first-order valence-electron chi connectivity index (χ1n) is 8.11. The predicted octanol–water partition coefficient (Wildman–Crippen LogP) is 1.21. The number of aliphatic hydroxyl groups excluding tert-OH is 1. The molecule has 2 aliphatic carbocycles. The maximum atomic E-state index is 12.5. The van der Waals surface area contributed by atoms with Gasteiger partial charge < -0.3 is 14.6 Å². The fourth-order valence-corrected chi connectivity index (χ4v) is 6.63. The van der Waals surface area contributed by atoms with E-state index in [4.69, 9.17) is 9.47 Å². The molecule has 3 heterocycles. The van der Waals surface area contributed by atoms with Crippen molar-refractivity contribution >= 4 is 28.1 Å². The van der Waals surface area contributed by atoms with Crippen molar-refractivity contribution in [1.29, 1.82) is 0 Å². The van der Waals surface area contributed by atoms with Crippen molar-refractivity contribution in [2.45, 2.75) is 63.4 Å². The number of aliphatic hydroxyl groups is 1. The van der Waals surface area contributed by atoms with Crippen molar-refractivity contribution < 1.29 is 24.2 Å². The monoisotopic (exact) mass is 386 g/mol. The first-order valence-corrected chi connectivity index (χ1v) is 9.02. The Labute approximate surface area is 143 Å². The second-order valence-corrected chi connectivity index (χ2v) is 7.89. The molecule has 2 saturated carbocycles. The van der Waals surface area contributed by atoms with Crippen LogP contribution >= 0.6 is 15.9 Å². The van der Waals surface area contributed by atoms with Crippen molar-refractivity contribution in [2.24, 2.45) is 17.3 Å². The molecule has 5 rings (SSSR count). The Bertz CT molecular complexity index is 559. The number of hydrogen-bond donors (Lipinski definition) is 1. The SMILES string of the molecule is CC(=O)C1C(C)CCC23CC4C(O)C(OC(O2)N4C=O)C13[CH]Br. The molecule has 5 aliphatic rings. The largest absolute Gasteiger partial charge is 0.388 e. The highest BCUT2D eigenvalue weighted by Crippen LogP contribution is 2.67. The standard InChI is InChI=1S/C16H21BrNO5/c1-8-3-4-15-5-10-12(21)13(22-14(23-15)18(10)7-19)16(15,6-17)11(8)9(2)20/h6-8,10-14,21H,3-5H2,1-2H3. The lowest BCUT2D eigenvalue weighted by atomic mass is 9.46. The molecule has 3 saturated heterocycles. The zero-order valence-electron chi connectivity index (χ0n) is 13.1. The summed E-state index contributed by atoms with van der Waals surface area (Å²) in [6, 6.07) is -0.313. The highest BCUT2D eigenvalue weighted by atomic mass is 79.9. The third-order valence-electron chi connectivity index (χ3n) is 6.55. The van der Waals surface area contributed by atoms with E-state index in [1.807, 2.05) is 5.33 Å². The summed E-state index contributed by atoms with van der Waals surface area (Å²) < 4.78 is 12.2. The minimum Gasteiger partial charge on any atom is -0.388 e. The van der Waals surface area contributed by atoms with Gasteiger partial charge in [-0.2, -0.15) is 0 Å². The van der Waals surface area contributed by atoms with Crippen molar-refractivity contribution in [2.75, 3.05) is 0 Å². The van der Waals surface area contributed by atoms with Gasteiger partial charge in [0.15, 0.2) is 0 Å². The summed E-state index contributed by atoms with van der Waals surface area (Å²) in [7, 11) is 0. The van der Waals surface area contributed by atoms with Crippen LogP contribution in [0.25, 0.3) is 0 Å². The Balaban J connectivity index is 1.87. The van der Waals surface area contributed by atoms with Crippen LogP contribution in [-0.4, -0.2) is 52.5 Å². The summed E-state index contributed by atoms with van der Waals surface area (Å²) >= 11 is 3.49. The molecule has 5 fully saturated rings. The molecule has 0 aromatic rings. The number of rotatable bonds is 3. The number of nitrogens with zero attached hydrogens (tertiary/aromatic N) is 1. The molecule has 4 bridgehead atoms. The van der Waals surface area contributed by atoms with Gasteiger partial charge in [0, 0.05) is 17.7 Å². The number of Topliss-reactive ketones (excluding diaryl/α,β-unsaturated/α-hetero) is 1. The van der Waals surface area contributed by atoms with Crippen LogP contribution in [0.15, 0.2) is 0 Å². The minimum atomic E-state index is -0.825. The first-order chi connectivity index (χ1) is 10.9. The zero-order valence-corrected chi connectivity index (χ0v) is 14.7. The Hall–Kier alpha value is -0.500. The molecule has 1 spiro atoms. The molecule has 8 unspecified atom stereocenters. The van der Waals surface area contributed by atoms with Crippen molar-refractivity contribution in [3.05, 3.63) is 5.33 Å². The molecule has 7 heteroatoms. The molecular formula is C16H21BrNO5. The van der Waals surface area contributed by atoms with Crippen LogP contribution in [0.4, 0.5) is 0 Å². The maximum absolute atomic E-state index is 12.5. The molecule has 8 atom stereocenters. The van der Waals surface area contributed by atoms with Crippen LogP contribution in [0.1, 0.15) is 33.1 Å². The first kappa shape index (κ1) is 16.0. The van der Waals surface area contributed by atoms with E-state index in [1.165, 1.54) is 4.90 Å². The van der Waals surface area contributed by atoms with Gasteiger partial charge in [-0.3, -0.25) is 14.5 Å². The highest BCUT2D eigenvalue weighted by molar-refractivity contribution is 9.10. The van der Waals surface area contributed by atoms with E-state index in [0.717, 1.165) is 12.8 Å². The van der Waals surface area contributed by atoms with E-state index >= 15 is 0 Å². The van der Waals surface area contributed by atoms with Gasteiger partial charge >= 0.3 is 0 Å². The van der Waals surface area contributed by atoms with Gasteiger partial charge in [0.1, 0.15) is 18.0 Å². The normalized spacial score (nSPS) is 54.0.